The molecule has 2 rings (SSSR count). The number of alkyl halides is 1. The lowest BCUT2D eigenvalue weighted by atomic mass is 10.1. The summed E-state index contributed by atoms with van der Waals surface area (Å²) in [5.74, 6) is -0.122. The van der Waals surface area contributed by atoms with Crippen molar-refractivity contribution in [2.24, 2.45) is 0 Å². The average molecular weight is 339 g/mol. The minimum absolute atomic E-state index is 0.0943. The van der Waals surface area contributed by atoms with Crippen molar-refractivity contribution in [3.05, 3.63) is 70.7 Å². The fourth-order valence-electron chi connectivity index (χ4n) is 1.69. The molecule has 0 heterocycles. The molecule has 1 unspecified atom stereocenters. The molecular formula is C15H13BrClNO. The Balaban J connectivity index is 1.94. The summed E-state index contributed by atoms with van der Waals surface area (Å²) < 4.78 is 0. The molecule has 0 radical (unpaired) electrons. The van der Waals surface area contributed by atoms with Gasteiger partial charge in [-0.3, -0.25) is 4.79 Å². The van der Waals surface area contributed by atoms with Gasteiger partial charge in [-0.25, -0.2) is 0 Å². The first kappa shape index (κ1) is 14.1. The monoisotopic (exact) mass is 337 g/mol. The van der Waals surface area contributed by atoms with Gasteiger partial charge in [-0.15, -0.1) is 0 Å². The van der Waals surface area contributed by atoms with E-state index in [9.17, 15) is 4.79 Å². The summed E-state index contributed by atoms with van der Waals surface area (Å²) in [5.41, 5.74) is 1.70. The van der Waals surface area contributed by atoms with E-state index in [4.69, 9.17) is 11.6 Å². The third kappa shape index (κ3) is 4.08. The zero-order chi connectivity index (χ0) is 13.7. The van der Waals surface area contributed by atoms with Crippen LogP contribution in [0.25, 0.3) is 0 Å². The zero-order valence-electron chi connectivity index (χ0n) is 10.1. The van der Waals surface area contributed by atoms with Crippen LogP contribution in [0.5, 0.6) is 0 Å². The topological polar surface area (TPSA) is 29.1 Å². The van der Waals surface area contributed by atoms with Gasteiger partial charge in [0.25, 0.3) is 5.91 Å². The molecule has 2 aromatic carbocycles. The van der Waals surface area contributed by atoms with Crippen LogP contribution in [0.2, 0.25) is 5.02 Å². The van der Waals surface area contributed by atoms with Gasteiger partial charge in [-0.1, -0.05) is 63.9 Å². The van der Waals surface area contributed by atoms with E-state index in [1.165, 1.54) is 0 Å². The Morgan fingerprint density at radius 2 is 1.89 bits per heavy atom. The first-order valence-electron chi connectivity index (χ1n) is 5.89. The number of hydrogen-bond acceptors (Lipinski definition) is 1. The largest absolute Gasteiger partial charge is 0.351 e. The van der Waals surface area contributed by atoms with Crippen molar-refractivity contribution in [3.63, 3.8) is 0 Å². The normalized spacial score (nSPS) is 11.9. The summed E-state index contributed by atoms with van der Waals surface area (Å²) in [5, 5.41) is 3.44. The number of rotatable bonds is 4. The Bertz CT molecular complexity index is 559. The highest BCUT2D eigenvalue weighted by molar-refractivity contribution is 9.09. The highest BCUT2D eigenvalue weighted by atomic mass is 79.9. The SMILES string of the molecule is O=C(NCC(Br)c1ccccc1)c1cccc(Cl)c1. The minimum Gasteiger partial charge on any atom is -0.351 e. The summed E-state index contributed by atoms with van der Waals surface area (Å²) in [4.78, 5) is 12.0. The molecule has 0 saturated carbocycles. The van der Waals surface area contributed by atoms with Crippen molar-refractivity contribution in [2.45, 2.75) is 4.83 Å². The van der Waals surface area contributed by atoms with Gasteiger partial charge in [0.1, 0.15) is 0 Å². The van der Waals surface area contributed by atoms with Gasteiger partial charge < -0.3 is 5.32 Å². The molecule has 0 spiro atoms. The van der Waals surface area contributed by atoms with E-state index in [1.807, 2.05) is 30.3 Å². The third-order valence-corrected chi connectivity index (χ3v) is 3.78. The van der Waals surface area contributed by atoms with Crippen LogP contribution in [0, 0.1) is 0 Å². The number of nitrogens with one attached hydrogen (secondary N) is 1. The fourth-order valence-corrected chi connectivity index (χ4v) is 2.35. The number of amides is 1. The third-order valence-electron chi connectivity index (χ3n) is 2.69. The van der Waals surface area contributed by atoms with Gasteiger partial charge in [0, 0.05) is 17.1 Å². The summed E-state index contributed by atoms with van der Waals surface area (Å²) in [7, 11) is 0. The first-order valence-corrected chi connectivity index (χ1v) is 7.19. The lowest BCUT2D eigenvalue weighted by Crippen LogP contribution is -2.26. The summed E-state index contributed by atoms with van der Waals surface area (Å²) in [6.45, 7) is 0.523. The van der Waals surface area contributed by atoms with Crippen molar-refractivity contribution in [1.29, 1.82) is 0 Å². The number of benzene rings is 2. The number of carbonyl (C=O) groups excluding carboxylic acids is 1. The predicted octanol–water partition coefficient (Wildman–Crippen LogP) is 4.21. The van der Waals surface area contributed by atoms with Crippen LogP contribution in [-0.4, -0.2) is 12.5 Å². The molecule has 2 aromatic rings. The van der Waals surface area contributed by atoms with Crippen LogP contribution in [0.15, 0.2) is 54.6 Å². The molecule has 19 heavy (non-hydrogen) atoms. The minimum atomic E-state index is -0.122. The van der Waals surface area contributed by atoms with Crippen molar-refractivity contribution in [3.8, 4) is 0 Å². The van der Waals surface area contributed by atoms with E-state index in [0.29, 0.717) is 17.1 Å². The van der Waals surface area contributed by atoms with E-state index < -0.39 is 0 Å². The van der Waals surface area contributed by atoms with Crippen LogP contribution in [0.1, 0.15) is 20.7 Å². The molecule has 2 nitrogen and oxygen atoms in total. The van der Waals surface area contributed by atoms with Crippen LogP contribution < -0.4 is 5.32 Å². The van der Waals surface area contributed by atoms with Crippen LogP contribution in [0.4, 0.5) is 0 Å². The smallest absolute Gasteiger partial charge is 0.251 e. The second kappa shape index (κ2) is 6.73. The van der Waals surface area contributed by atoms with E-state index in [1.54, 1.807) is 24.3 Å². The summed E-state index contributed by atoms with van der Waals surface area (Å²) in [6, 6.07) is 16.9. The summed E-state index contributed by atoms with van der Waals surface area (Å²) >= 11 is 9.42. The second-order valence-corrected chi connectivity index (χ2v) is 5.64. The van der Waals surface area contributed by atoms with Crippen molar-refractivity contribution in [1.82, 2.24) is 5.32 Å². The van der Waals surface area contributed by atoms with Gasteiger partial charge >= 0.3 is 0 Å². The Morgan fingerprint density at radius 3 is 2.58 bits per heavy atom. The standard InChI is InChI=1S/C15H13BrClNO/c16-14(11-5-2-1-3-6-11)10-18-15(19)12-7-4-8-13(17)9-12/h1-9,14H,10H2,(H,18,19). The highest BCUT2D eigenvalue weighted by Gasteiger charge is 2.10. The Labute approximate surface area is 125 Å². The quantitative estimate of drug-likeness (QED) is 0.832. The maximum absolute atomic E-state index is 11.9. The molecule has 98 valence electrons. The van der Waals surface area contributed by atoms with E-state index in [-0.39, 0.29) is 10.7 Å². The van der Waals surface area contributed by atoms with Gasteiger partial charge in [0.15, 0.2) is 0 Å². The maximum Gasteiger partial charge on any atom is 0.251 e. The average Bonchev–Trinajstić information content (AvgIpc) is 2.45. The van der Waals surface area contributed by atoms with Crippen LogP contribution >= 0.6 is 27.5 Å². The molecule has 0 aliphatic carbocycles. The van der Waals surface area contributed by atoms with Gasteiger partial charge in [-0.05, 0) is 23.8 Å². The number of carbonyl (C=O) groups is 1. The molecule has 0 aromatic heterocycles. The van der Waals surface area contributed by atoms with Gasteiger partial charge in [0.2, 0.25) is 0 Å². The van der Waals surface area contributed by atoms with E-state index in [0.717, 1.165) is 5.56 Å². The second-order valence-electron chi connectivity index (χ2n) is 4.10. The molecule has 0 bridgehead atoms. The van der Waals surface area contributed by atoms with Crippen molar-refractivity contribution in [2.75, 3.05) is 6.54 Å². The highest BCUT2D eigenvalue weighted by Crippen LogP contribution is 2.21. The fraction of sp³-hybridized carbons (Fsp3) is 0.133. The molecule has 0 aliphatic heterocycles. The summed E-state index contributed by atoms with van der Waals surface area (Å²) in [6.07, 6.45) is 0. The molecule has 0 saturated heterocycles. The molecule has 1 N–H and O–H groups in total. The number of hydrogen-bond donors (Lipinski definition) is 1. The van der Waals surface area contributed by atoms with Gasteiger partial charge in [0.05, 0.1) is 4.83 Å². The zero-order valence-corrected chi connectivity index (χ0v) is 12.5. The Kier molecular flexibility index (Phi) is 5.00. The molecule has 1 amide bonds. The van der Waals surface area contributed by atoms with E-state index in [2.05, 4.69) is 21.2 Å². The molecule has 4 heteroatoms. The van der Waals surface area contributed by atoms with Crippen LogP contribution in [-0.2, 0) is 0 Å². The van der Waals surface area contributed by atoms with Crippen molar-refractivity contribution < 1.29 is 4.79 Å². The van der Waals surface area contributed by atoms with Crippen molar-refractivity contribution >= 4 is 33.4 Å². The molecular weight excluding hydrogens is 326 g/mol. The van der Waals surface area contributed by atoms with Crippen LogP contribution in [0.3, 0.4) is 0 Å². The predicted molar refractivity (Wildman–Crippen MR) is 81.9 cm³/mol. The Morgan fingerprint density at radius 1 is 1.16 bits per heavy atom. The lowest BCUT2D eigenvalue weighted by Gasteiger charge is -2.11. The van der Waals surface area contributed by atoms with Gasteiger partial charge in [-0.2, -0.15) is 0 Å². The molecule has 0 fully saturated rings. The number of halogens is 2. The molecule has 0 aliphatic rings. The Hall–Kier alpha value is -1.32. The maximum atomic E-state index is 11.9. The van der Waals surface area contributed by atoms with E-state index >= 15 is 0 Å². The lowest BCUT2D eigenvalue weighted by molar-refractivity contribution is 0.0954. The molecule has 1 atom stereocenters. The first-order chi connectivity index (χ1) is 9.16.